The molecular formula is C13H15BrN2. The summed E-state index contributed by atoms with van der Waals surface area (Å²) in [6.45, 7) is 5.09. The molecule has 1 aromatic rings. The van der Waals surface area contributed by atoms with Gasteiger partial charge >= 0.3 is 0 Å². The molecule has 1 aliphatic rings. The first-order valence-electron chi connectivity index (χ1n) is 5.37. The number of hydrogen-bond acceptors (Lipinski definition) is 2. The average molecular weight is 279 g/mol. The largest absolute Gasteiger partial charge is 0.330 e. The van der Waals surface area contributed by atoms with Gasteiger partial charge in [-0.1, -0.05) is 29.8 Å². The highest BCUT2D eigenvalue weighted by Gasteiger charge is 2.61. The quantitative estimate of drug-likeness (QED) is 0.904. The van der Waals surface area contributed by atoms with Crippen LogP contribution in [-0.4, -0.2) is 6.54 Å². The monoisotopic (exact) mass is 278 g/mol. The van der Waals surface area contributed by atoms with Crippen molar-refractivity contribution in [3.63, 3.8) is 0 Å². The van der Waals surface area contributed by atoms with E-state index in [-0.39, 0.29) is 10.8 Å². The lowest BCUT2D eigenvalue weighted by molar-refractivity contribution is 0.501. The lowest BCUT2D eigenvalue weighted by Gasteiger charge is -2.20. The van der Waals surface area contributed by atoms with Crippen LogP contribution in [-0.2, 0) is 5.41 Å². The lowest BCUT2D eigenvalue weighted by atomic mass is 9.87. The topological polar surface area (TPSA) is 49.8 Å². The molecule has 1 fully saturated rings. The third-order valence-corrected chi connectivity index (χ3v) is 4.57. The van der Waals surface area contributed by atoms with Crippen molar-refractivity contribution in [2.75, 3.05) is 6.54 Å². The fraction of sp³-hybridized carbons (Fsp3) is 0.462. The van der Waals surface area contributed by atoms with E-state index < -0.39 is 0 Å². The zero-order valence-corrected chi connectivity index (χ0v) is 11.1. The normalized spacial score (nSPS) is 26.2. The van der Waals surface area contributed by atoms with E-state index in [1.54, 1.807) is 0 Å². The van der Waals surface area contributed by atoms with Crippen LogP contribution in [0.4, 0.5) is 0 Å². The standard InChI is InChI=1S/C13H15BrN2/c1-12(2)7-13(12,8-16)10-5-9(6-15)3-4-11(10)14/h3-5H,7-8,16H2,1-2H3. The van der Waals surface area contributed by atoms with Gasteiger partial charge in [-0.2, -0.15) is 5.26 Å². The lowest BCUT2D eigenvalue weighted by Crippen LogP contribution is -2.25. The number of nitrogens with two attached hydrogens (primary N) is 1. The van der Waals surface area contributed by atoms with Crippen molar-refractivity contribution in [1.82, 2.24) is 0 Å². The van der Waals surface area contributed by atoms with E-state index in [1.165, 1.54) is 5.56 Å². The summed E-state index contributed by atoms with van der Waals surface area (Å²) in [7, 11) is 0. The first-order valence-corrected chi connectivity index (χ1v) is 6.16. The fourth-order valence-corrected chi connectivity index (χ4v) is 3.22. The van der Waals surface area contributed by atoms with Crippen LogP contribution in [0.3, 0.4) is 0 Å². The summed E-state index contributed by atoms with van der Waals surface area (Å²) in [6, 6.07) is 7.92. The smallest absolute Gasteiger partial charge is 0.0991 e. The van der Waals surface area contributed by atoms with Crippen LogP contribution in [0.2, 0.25) is 0 Å². The van der Waals surface area contributed by atoms with Crippen LogP contribution in [0, 0.1) is 16.7 Å². The summed E-state index contributed by atoms with van der Waals surface area (Å²) in [6.07, 6.45) is 1.09. The van der Waals surface area contributed by atoms with E-state index >= 15 is 0 Å². The minimum absolute atomic E-state index is 0.0404. The zero-order chi connectivity index (χ0) is 12.0. The van der Waals surface area contributed by atoms with Crippen LogP contribution in [0.15, 0.2) is 22.7 Å². The molecule has 0 saturated heterocycles. The molecule has 2 nitrogen and oxygen atoms in total. The molecule has 0 aliphatic heterocycles. The second-order valence-electron chi connectivity index (χ2n) is 5.15. The number of halogens is 1. The molecule has 2 N–H and O–H groups in total. The van der Waals surface area contributed by atoms with Gasteiger partial charge in [0.1, 0.15) is 0 Å². The molecule has 16 heavy (non-hydrogen) atoms. The molecule has 0 spiro atoms. The number of nitriles is 1. The summed E-state index contributed by atoms with van der Waals surface area (Å²) < 4.78 is 1.06. The number of benzene rings is 1. The fourth-order valence-electron chi connectivity index (χ4n) is 2.59. The molecule has 0 amide bonds. The molecule has 0 heterocycles. The molecule has 1 unspecified atom stereocenters. The SMILES string of the molecule is CC1(C)CC1(CN)c1cc(C#N)ccc1Br. The minimum Gasteiger partial charge on any atom is -0.330 e. The van der Waals surface area contributed by atoms with Crippen LogP contribution in [0.25, 0.3) is 0 Å². The highest BCUT2D eigenvalue weighted by atomic mass is 79.9. The summed E-state index contributed by atoms with van der Waals surface area (Å²) >= 11 is 3.56. The summed E-state index contributed by atoms with van der Waals surface area (Å²) in [5.41, 5.74) is 8.09. The number of nitrogens with zero attached hydrogens (tertiary/aromatic N) is 1. The molecule has 1 aromatic carbocycles. The molecule has 1 saturated carbocycles. The van der Waals surface area contributed by atoms with Crippen molar-refractivity contribution < 1.29 is 0 Å². The number of rotatable bonds is 2. The van der Waals surface area contributed by atoms with E-state index in [9.17, 15) is 0 Å². The van der Waals surface area contributed by atoms with Gasteiger partial charge in [0.05, 0.1) is 11.6 Å². The number of hydrogen-bond donors (Lipinski definition) is 1. The van der Waals surface area contributed by atoms with Crippen molar-refractivity contribution in [2.45, 2.75) is 25.7 Å². The molecule has 2 rings (SSSR count). The first-order chi connectivity index (χ1) is 7.47. The Hall–Kier alpha value is -0.850. The minimum atomic E-state index is 0.0404. The third-order valence-electron chi connectivity index (χ3n) is 3.87. The molecule has 0 aromatic heterocycles. The summed E-state index contributed by atoms with van der Waals surface area (Å²) in [5, 5.41) is 8.95. The zero-order valence-electron chi connectivity index (χ0n) is 9.55. The Bertz CT molecular complexity index is 473. The third kappa shape index (κ3) is 1.49. The molecule has 84 valence electrons. The maximum atomic E-state index is 8.95. The first kappa shape index (κ1) is 11.6. The second-order valence-corrected chi connectivity index (χ2v) is 6.01. The Morgan fingerprint density at radius 2 is 2.12 bits per heavy atom. The molecule has 0 bridgehead atoms. The van der Waals surface area contributed by atoms with Gasteiger partial charge in [0.2, 0.25) is 0 Å². The highest BCUT2D eigenvalue weighted by molar-refractivity contribution is 9.10. The maximum Gasteiger partial charge on any atom is 0.0991 e. The van der Waals surface area contributed by atoms with Gasteiger partial charge in [0.15, 0.2) is 0 Å². The molecule has 1 atom stereocenters. The predicted octanol–water partition coefficient (Wildman–Crippen LogP) is 2.95. The van der Waals surface area contributed by atoms with E-state index in [2.05, 4.69) is 35.8 Å². The van der Waals surface area contributed by atoms with Gasteiger partial charge in [0.25, 0.3) is 0 Å². The summed E-state index contributed by atoms with van der Waals surface area (Å²) in [4.78, 5) is 0. The Morgan fingerprint density at radius 1 is 1.50 bits per heavy atom. The Labute approximate surface area is 105 Å². The van der Waals surface area contributed by atoms with Gasteiger partial charge in [-0.05, 0) is 35.6 Å². The van der Waals surface area contributed by atoms with Gasteiger partial charge < -0.3 is 5.73 Å². The average Bonchev–Trinajstić information content (AvgIpc) is 2.83. The molecule has 0 radical (unpaired) electrons. The van der Waals surface area contributed by atoms with Crippen LogP contribution < -0.4 is 5.73 Å². The predicted molar refractivity (Wildman–Crippen MR) is 68.0 cm³/mol. The molecule has 1 aliphatic carbocycles. The van der Waals surface area contributed by atoms with Gasteiger partial charge in [-0.15, -0.1) is 0 Å². The Kier molecular flexibility index (Phi) is 2.60. The van der Waals surface area contributed by atoms with E-state index in [0.29, 0.717) is 12.1 Å². The van der Waals surface area contributed by atoms with Crippen molar-refractivity contribution in [2.24, 2.45) is 11.1 Å². The van der Waals surface area contributed by atoms with Crippen molar-refractivity contribution in [1.29, 1.82) is 5.26 Å². The van der Waals surface area contributed by atoms with Gasteiger partial charge in [0, 0.05) is 16.4 Å². The van der Waals surface area contributed by atoms with Crippen molar-refractivity contribution >= 4 is 15.9 Å². The maximum absolute atomic E-state index is 8.95. The van der Waals surface area contributed by atoms with Crippen LogP contribution >= 0.6 is 15.9 Å². The molecular weight excluding hydrogens is 264 g/mol. The second kappa shape index (κ2) is 3.58. The van der Waals surface area contributed by atoms with Gasteiger partial charge in [-0.3, -0.25) is 0 Å². The van der Waals surface area contributed by atoms with Crippen LogP contribution in [0.5, 0.6) is 0 Å². The van der Waals surface area contributed by atoms with Gasteiger partial charge in [-0.25, -0.2) is 0 Å². The summed E-state index contributed by atoms with van der Waals surface area (Å²) in [5.74, 6) is 0. The van der Waals surface area contributed by atoms with E-state index in [4.69, 9.17) is 11.0 Å². The van der Waals surface area contributed by atoms with Crippen molar-refractivity contribution in [3.05, 3.63) is 33.8 Å². The Balaban J connectivity index is 2.53. The van der Waals surface area contributed by atoms with Crippen LogP contribution in [0.1, 0.15) is 31.4 Å². The van der Waals surface area contributed by atoms with E-state index in [1.807, 2.05) is 18.2 Å². The highest BCUT2D eigenvalue weighted by Crippen LogP contribution is 2.64. The molecule has 3 heteroatoms. The van der Waals surface area contributed by atoms with Crippen molar-refractivity contribution in [3.8, 4) is 6.07 Å². The Morgan fingerprint density at radius 3 is 2.56 bits per heavy atom. The van der Waals surface area contributed by atoms with E-state index in [0.717, 1.165) is 10.9 Å².